The molecule has 86 valence electrons. The molecule has 0 fully saturated rings. The number of halogens is 1. The summed E-state index contributed by atoms with van der Waals surface area (Å²) in [5, 5.41) is 3.39. The van der Waals surface area contributed by atoms with Crippen LogP contribution in [0.2, 0.25) is 0 Å². The summed E-state index contributed by atoms with van der Waals surface area (Å²) in [7, 11) is 2.06. The molecule has 0 aliphatic rings. The van der Waals surface area contributed by atoms with Crippen LogP contribution in [0.1, 0.15) is 18.2 Å². The molecule has 0 bridgehead atoms. The van der Waals surface area contributed by atoms with Crippen molar-refractivity contribution in [1.29, 1.82) is 0 Å². The fraction of sp³-hybridized carbons (Fsp3) is 0.636. The van der Waals surface area contributed by atoms with Gasteiger partial charge in [0, 0.05) is 16.7 Å². The van der Waals surface area contributed by atoms with E-state index in [9.17, 15) is 0 Å². The summed E-state index contributed by atoms with van der Waals surface area (Å²) < 4.78 is 1.23. The molecule has 1 aromatic heterocycles. The fourth-order valence-corrected chi connectivity index (χ4v) is 3.91. The Morgan fingerprint density at radius 2 is 2.33 bits per heavy atom. The first kappa shape index (κ1) is 13.6. The molecular formula is C11H18BrNS2. The summed E-state index contributed by atoms with van der Waals surface area (Å²) in [6, 6.07) is 4.95. The summed E-state index contributed by atoms with van der Waals surface area (Å²) in [6.07, 6.45) is 2.41. The van der Waals surface area contributed by atoms with Crippen LogP contribution in [0.5, 0.6) is 0 Å². The van der Waals surface area contributed by atoms with E-state index in [-0.39, 0.29) is 0 Å². The number of rotatable bonds is 7. The molecule has 1 heterocycles. The number of likely N-dealkylation sites (N-methyl/N-ethyl adjacent to an activating group) is 1. The van der Waals surface area contributed by atoms with E-state index >= 15 is 0 Å². The number of thiophene rings is 1. The molecule has 1 N–H and O–H groups in total. The third kappa shape index (κ3) is 5.38. The van der Waals surface area contributed by atoms with Crippen molar-refractivity contribution in [3.8, 4) is 0 Å². The normalized spacial score (nSPS) is 13.0. The Kier molecular flexibility index (Phi) is 6.97. The smallest absolute Gasteiger partial charge is 0.0701 e. The first-order valence-corrected chi connectivity index (χ1v) is 8.02. The average Bonchev–Trinajstić information content (AvgIpc) is 2.63. The standard InChI is InChI=1S/C11H18BrNS2/c1-3-6-14-8-9(13-2)7-10-4-5-11(12)15-10/h4-5,9,13H,3,6-8H2,1-2H3. The second-order valence-electron chi connectivity index (χ2n) is 3.47. The molecule has 0 saturated heterocycles. The Morgan fingerprint density at radius 3 is 2.87 bits per heavy atom. The summed E-state index contributed by atoms with van der Waals surface area (Å²) in [5.74, 6) is 2.48. The molecule has 4 heteroatoms. The SMILES string of the molecule is CCCSCC(Cc1ccc(Br)s1)NC. The third-order valence-electron chi connectivity index (χ3n) is 2.15. The molecule has 1 atom stereocenters. The van der Waals surface area contributed by atoms with Gasteiger partial charge in [0.05, 0.1) is 3.79 Å². The molecule has 0 aliphatic heterocycles. The van der Waals surface area contributed by atoms with E-state index in [1.54, 1.807) is 0 Å². The van der Waals surface area contributed by atoms with Crippen molar-refractivity contribution in [2.45, 2.75) is 25.8 Å². The molecule has 1 aromatic rings. The zero-order valence-electron chi connectivity index (χ0n) is 9.25. The predicted molar refractivity (Wildman–Crippen MR) is 76.2 cm³/mol. The lowest BCUT2D eigenvalue weighted by atomic mass is 10.2. The van der Waals surface area contributed by atoms with Gasteiger partial charge >= 0.3 is 0 Å². The Hall–Kier alpha value is 0.490. The molecule has 15 heavy (non-hydrogen) atoms. The van der Waals surface area contributed by atoms with Gasteiger partial charge in [-0.3, -0.25) is 0 Å². The van der Waals surface area contributed by atoms with Gasteiger partial charge in [-0.25, -0.2) is 0 Å². The highest BCUT2D eigenvalue weighted by Crippen LogP contribution is 2.23. The van der Waals surface area contributed by atoms with Crippen LogP contribution in [-0.4, -0.2) is 24.6 Å². The van der Waals surface area contributed by atoms with Gasteiger partial charge in [0.2, 0.25) is 0 Å². The van der Waals surface area contributed by atoms with Gasteiger partial charge < -0.3 is 5.32 Å². The van der Waals surface area contributed by atoms with Crippen LogP contribution >= 0.6 is 39.0 Å². The van der Waals surface area contributed by atoms with Crippen LogP contribution in [0.25, 0.3) is 0 Å². The zero-order valence-corrected chi connectivity index (χ0v) is 12.5. The van der Waals surface area contributed by atoms with Crippen LogP contribution < -0.4 is 5.32 Å². The molecule has 0 radical (unpaired) electrons. The van der Waals surface area contributed by atoms with Gasteiger partial charge in [-0.2, -0.15) is 11.8 Å². The van der Waals surface area contributed by atoms with E-state index in [1.807, 2.05) is 23.1 Å². The number of thioether (sulfide) groups is 1. The van der Waals surface area contributed by atoms with Gasteiger partial charge in [0.25, 0.3) is 0 Å². The largest absolute Gasteiger partial charge is 0.316 e. The highest BCUT2D eigenvalue weighted by molar-refractivity contribution is 9.11. The second-order valence-corrected chi connectivity index (χ2v) is 7.17. The summed E-state index contributed by atoms with van der Waals surface area (Å²) in [4.78, 5) is 1.46. The summed E-state index contributed by atoms with van der Waals surface area (Å²) in [5.41, 5.74) is 0. The maximum atomic E-state index is 3.50. The average molecular weight is 308 g/mol. The van der Waals surface area contributed by atoms with E-state index in [4.69, 9.17) is 0 Å². The van der Waals surface area contributed by atoms with Gasteiger partial charge in [-0.05, 0) is 53.7 Å². The van der Waals surface area contributed by atoms with Crippen molar-refractivity contribution in [2.75, 3.05) is 18.6 Å². The minimum atomic E-state index is 0.604. The van der Waals surface area contributed by atoms with Crippen molar-refractivity contribution < 1.29 is 0 Å². The van der Waals surface area contributed by atoms with Crippen LogP contribution in [0.3, 0.4) is 0 Å². The van der Waals surface area contributed by atoms with Crippen molar-refractivity contribution in [3.63, 3.8) is 0 Å². The van der Waals surface area contributed by atoms with Gasteiger partial charge in [-0.1, -0.05) is 6.92 Å². The predicted octanol–water partition coefficient (Wildman–Crippen LogP) is 3.78. The highest BCUT2D eigenvalue weighted by atomic mass is 79.9. The van der Waals surface area contributed by atoms with Crippen molar-refractivity contribution in [1.82, 2.24) is 5.32 Å². The van der Waals surface area contributed by atoms with Gasteiger partial charge in [0.15, 0.2) is 0 Å². The van der Waals surface area contributed by atoms with E-state index < -0.39 is 0 Å². The topological polar surface area (TPSA) is 12.0 Å². The molecule has 0 amide bonds. The highest BCUT2D eigenvalue weighted by Gasteiger charge is 2.08. The number of hydrogen-bond donors (Lipinski definition) is 1. The molecule has 0 saturated carbocycles. The zero-order chi connectivity index (χ0) is 11.1. The van der Waals surface area contributed by atoms with E-state index in [0.29, 0.717) is 6.04 Å². The molecular weight excluding hydrogens is 290 g/mol. The third-order valence-corrected chi connectivity index (χ3v) is 5.13. The molecule has 0 aromatic carbocycles. The quantitative estimate of drug-likeness (QED) is 0.769. The van der Waals surface area contributed by atoms with Crippen LogP contribution in [-0.2, 0) is 6.42 Å². The first-order valence-electron chi connectivity index (χ1n) is 5.25. The summed E-state index contributed by atoms with van der Waals surface area (Å²) >= 11 is 7.38. The molecule has 0 spiro atoms. The Morgan fingerprint density at radius 1 is 1.53 bits per heavy atom. The molecule has 0 aliphatic carbocycles. The van der Waals surface area contributed by atoms with Crippen LogP contribution in [0, 0.1) is 0 Å². The lowest BCUT2D eigenvalue weighted by Gasteiger charge is -2.14. The van der Waals surface area contributed by atoms with Crippen LogP contribution in [0.15, 0.2) is 15.9 Å². The summed E-state index contributed by atoms with van der Waals surface area (Å²) in [6.45, 7) is 2.23. The number of hydrogen-bond acceptors (Lipinski definition) is 3. The van der Waals surface area contributed by atoms with Crippen molar-refractivity contribution in [2.24, 2.45) is 0 Å². The minimum Gasteiger partial charge on any atom is -0.316 e. The fourth-order valence-electron chi connectivity index (χ4n) is 1.32. The first-order chi connectivity index (χ1) is 7.26. The van der Waals surface area contributed by atoms with E-state index in [0.717, 1.165) is 6.42 Å². The van der Waals surface area contributed by atoms with Crippen molar-refractivity contribution in [3.05, 3.63) is 20.8 Å². The second kappa shape index (κ2) is 7.71. The molecule has 1 rings (SSSR count). The maximum absolute atomic E-state index is 3.50. The van der Waals surface area contributed by atoms with Gasteiger partial charge in [0.1, 0.15) is 0 Å². The van der Waals surface area contributed by atoms with E-state index in [1.165, 1.54) is 26.6 Å². The Labute approximate surface area is 109 Å². The monoisotopic (exact) mass is 307 g/mol. The van der Waals surface area contributed by atoms with Gasteiger partial charge in [-0.15, -0.1) is 11.3 Å². The Balaban J connectivity index is 2.33. The lowest BCUT2D eigenvalue weighted by Crippen LogP contribution is -2.29. The maximum Gasteiger partial charge on any atom is 0.0701 e. The molecule has 1 unspecified atom stereocenters. The lowest BCUT2D eigenvalue weighted by molar-refractivity contribution is 0.622. The Bertz CT molecular complexity index is 275. The van der Waals surface area contributed by atoms with Crippen molar-refractivity contribution >= 4 is 39.0 Å². The van der Waals surface area contributed by atoms with E-state index in [2.05, 4.69) is 47.4 Å². The molecule has 1 nitrogen and oxygen atoms in total. The van der Waals surface area contributed by atoms with Crippen LogP contribution in [0.4, 0.5) is 0 Å². The number of nitrogens with one attached hydrogen (secondary N) is 1. The minimum absolute atomic E-state index is 0.604.